The zero-order valence-corrected chi connectivity index (χ0v) is 11.7. The van der Waals surface area contributed by atoms with Gasteiger partial charge in [-0.05, 0) is 57.3 Å². The third-order valence-corrected chi connectivity index (χ3v) is 4.66. The molecule has 6 heteroatoms. The molecule has 0 aliphatic heterocycles. The molecular formula is C9H4I2N4. The molecule has 0 saturated heterocycles. The first kappa shape index (κ1) is 10.8. The molecule has 0 N–H and O–H groups in total. The quantitative estimate of drug-likeness (QED) is 0.664. The topological polar surface area (TPSA) is 54.5 Å². The van der Waals surface area contributed by atoms with Gasteiger partial charge in [0, 0.05) is 0 Å². The molecule has 0 aliphatic carbocycles. The first-order valence-electron chi connectivity index (χ1n) is 3.97. The van der Waals surface area contributed by atoms with E-state index in [-0.39, 0.29) is 0 Å². The summed E-state index contributed by atoms with van der Waals surface area (Å²) in [4.78, 5) is 8.19. The summed E-state index contributed by atoms with van der Waals surface area (Å²) in [6.07, 6.45) is 3.41. The van der Waals surface area contributed by atoms with Crippen molar-refractivity contribution in [1.82, 2.24) is 14.5 Å². The largest absolute Gasteiger partial charge is 0.292 e. The molecule has 0 aliphatic rings. The normalized spacial score (nSPS) is 9.93. The molecule has 15 heavy (non-hydrogen) atoms. The van der Waals surface area contributed by atoms with Crippen LogP contribution >= 0.6 is 45.2 Å². The summed E-state index contributed by atoms with van der Waals surface area (Å²) in [5.74, 6) is 0. The summed E-state index contributed by atoms with van der Waals surface area (Å²) in [5.41, 5.74) is 1.33. The minimum absolute atomic E-state index is 0.420. The van der Waals surface area contributed by atoms with Crippen molar-refractivity contribution in [1.29, 1.82) is 5.26 Å². The molecule has 0 spiro atoms. The average Bonchev–Trinajstić information content (AvgIpc) is 2.60. The second kappa shape index (κ2) is 4.44. The lowest BCUT2D eigenvalue weighted by molar-refractivity contribution is 1.01. The van der Waals surface area contributed by atoms with Gasteiger partial charge < -0.3 is 0 Å². The summed E-state index contributed by atoms with van der Waals surface area (Å²) < 4.78 is 3.92. The summed E-state index contributed by atoms with van der Waals surface area (Å²) in [6, 6.07) is 5.53. The molecule has 0 aromatic carbocycles. The van der Waals surface area contributed by atoms with Crippen molar-refractivity contribution in [3.8, 4) is 11.8 Å². The van der Waals surface area contributed by atoms with Crippen LogP contribution in [0.1, 0.15) is 5.69 Å². The van der Waals surface area contributed by atoms with E-state index in [1.54, 1.807) is 18.6 Å². The zero-order chi connectivity index (χ0) is 10.8. The number of nitrogens with zero attached hydrogens (tertiary/aromatic N) is 4. The highest BCUT2D eigenvalue weighted by molar-refractivity contribution is 14.1. The van der Waals surface area contributed by atoms with E-state index in [2.05, 4.69) is 55.1 Å². The molecule has 0 amide bonds. The molecule has 0 atom stereocenters. The molecular weight excluding hydrogens is 418 g/mol. The zero-order valence-electron chi connectivity index (χ0n) is 7.35. The van der Waals surface area contributed by atoms with Crippen molar-refractivity contribution in [3.05, 3.63) is 37.8 Å². The van der Waals surface area contributed by atoms with Gasteiger partial charge in [0.2, 0.25) is 0 Å². The van der Waals surface area contributed by atoms with Crippen LogP contribution in [0.4, 0.5) is 0 Å². The van der Waals surface area contributed by atoms with E-state index in [0.717, 1.165) is 13.1 Å². The lowest BCUT2D eigenvalue weighted by atomic mass is 10.3. The monoisotopic (exact) mass is 422 g/mol. The van der Waals surface area contributed by atoms with Gasteiger partial charge in [-0.3, -0.25) is 4.57 Å². The van der Waals surface area contributed by atoms with Crippen LogP contribution in [-0.2, 0) is 0 Å². The predicted octanol–water partition coefficient (Wildman–Crippen LogP) is 2.35. The van der Waals surface area contributed by atoms with Crippen LogP contribution < -0.4 is 0 Å². The minimum Gasteiger partial charge on any atom is -0.292 e. The minimum atomic E-state index is 0.420. The fraction of sp³-hybridized carbons (Fsp3) is 0. The van der Waals surface area contributed by atoms with Crippen LogP contribution in [0.15, 0.2) is 24.7 Å². The van der Waals surface area contributed by atoms with Crippen LogP contribution in [-0.4, -0.2) is 14.5 Å². The lowest BCUT2D eigenvalue weighted by Gasteiger charge is -2.02. The molecule has 2 heterocycles. The van der Waals surface area contributed by atoms with E-state index >= 15 is 0 Å². The van der Waals surface area contributed by atoms with Crippen molar-refractivity contribution in [2.24, 2.45) is 0 Å². The number of hydrogen-bond acceptors (Lipinski definition) is 3. The maximum atomic E-state index is 8.62. The highest BCUT2D eigenvalue weighted by atomic mass is 127. The third kappa shape index (κ3) is 2.12. The average molecular weight is 422 g/mol. The van der Waals surface area contributed by atoms with E-state index in [1.807, 2.05) is 16.7 Å². The maximum Gasteiger partial charge on any atom is 0.140 e. The molecule has 0 bridgehead atoms. The Bertz CT molecular complexity index is 524. The van der Waals surface area contributed by atoms with Crippen molar-refractivity contribution in [2.75, 3.05) is 0 Å². The molecule has 4 nitrogen and oxygen atoms in total. The summed E-state index contributed by atoms with van der Waals surface area (Å²) >= 11 is 4.40. The van der Waals surface area contributed by atoms with Crippen LogP contribution in [0.5, 0.6) is 0 Å². The van der Waals surface area contributed by atoms with E-state index < -0.39 is 0 Å². The highest BCUT2D eigenvalue weighted by Crippen LogP contribution is 2.17. The standard InChI is InChI=1S/C9H4I2N4/c10-8-9(11)15(5-14-8)7-2-1-6(3-12)13-4-7/h1-2,4-5H. The van der Waals surface area contributed by atoms with Gasteiger partial charge in [-0.25, -0.2) is 9.97 Å². The van der Waals surface area contributed by atoms with Crippen molar-refractivity contribution in [2.45, 2.75) is 0 Å². The lowest BCUT2D eigenvalue weighted by Crippen LogP contribution is -1.96. The van der Waals surface area contributed by atoms with Gasteiger partial charge in [-0.2, -0.15) is 5.26 Å². The molecule has 0 fully saturated rings. The van der Waals surface area contributed by atoms with E-state index in [1.165, 1.54) is 0 Å². The number of pyridine rings is 1. The van der Waals surface area contributed by atoms with Gasteiger partial charge in [0.1, 0.15) is 25.5 Å². The Morgan fingerprint density at radius 2 is 2.07 bits per heavy atom. The molecule has 2 aromatic heterocycles. The Kier molecular flexibility index (Phi) is 3.20. The number of nitriles is 1. The number of aromatic nitrogens is 3. The summed E-state index contributed by atoms with van der Waals surface area (Å²) in [5, 5.41) is 8.62. The van der Waals surface area contributed by atoms with Gasteiger partial charge in [0.15, 0.2) is 0 Å². The molecule has 0 unspecified atom stereocenters. The van der Waals surface area contributed by atoms with Crippen molar-refractivity contribution in [3.63, 3.8) is 0 Å². The van der Waals surface area contributed by atoms with E-state index in [0.29, 0.717) is 5.69 Å². The second-order valence-electron chi connectivity index (χ2n) is 2.71. The fourth-order valence-electron chi connectivity index (χ4n) is 1.09. The van der Waals surface area contributed by atoms with E-state index in [4.69, 9.17) is 5.26 Å². The Morgan fingerprint density at radius 3 is 2.53 bits per heavy atom. The second-order valence-corrected chi connectivity index (χ2v) is 4.75. The molecule has 2 rings (SSSR count). The summed E-state index contributed by atoms with van der Waals surface area (Å²) in [7, 11) is 0. The number of rotatable bonds is 1. The molecule has 0 saturated carbocycles. The van der Waals surface area contributed by atoms with E-state index in [9.17, 15) is 0 Å². The molecule has 0 radical (unpaired) electrons. The fourth-order valence-corrected chi connectivity index (χ4v) is 2.01. The van der Waals surface area contributed by atoms with Crippen molar-refractivity contribution >= 4 is 45.2 Å². The SMILES string of the molecule is N#Cc1ccc(-n2cnc(I)c2I)cn1. The van der Waals surface area contributed by atoms with Gasteiger partial charge in [0.25, 0.3) is 0 Å². The van der Waals surface area contributed by atoms with Crippen molar-refractivity contribution < 1.29 is 0 Å². The summed E-state index contributed by atoms with van der Waals surface area (Å²) in [6.45, 7) is 0. The molecule has 74 valence electrons. The number of imidazole rings is 1. The first-order chi connectivity index (χ1) is 7.22. The Balaban J connectivity index is 2.47. The highest BCUT2D eigenvalue weighted by Gasteiger charge is 2.06. The Morgan fingerprint density at radius 1 is 1.27 bits per heavy atom. The maximum absolute atomic E-state index is 8.62. The Labute approximate surface area is 114 Å². The van der Waals surface area contributed by atoms with Gasteiger partial charge in [-0.15, -0.1) is 0 Å². The third-order valence-electron chi connectivity index (χ3n) is 1.81. The smallest absolute Gasteiger partial charge is 0.140 e. The van der Waals surface area contributed by atoms with Crippen LogP contribution in [0.3, 0.4) is 0 Å². The molecule has 2 aromatic rings. The Hall–Kier alpha value is -0.690. The van der Waals surface area contributed by atoms with Gasteiger partial charge in [-0.1, -0.05) is 0 Å². The predicted molar refractivity (Wildman–Crippen MR) is 71.5 cm³/mol. The van der Waals surface area contributed by atoms with Crippen LogP contribution in [0.2, 0.25) is 0 Å². The number of halogens is 2. The first-order valence-corrected chi connectivity index (χ1v) is 6.13. The van der Waals surface area contributed by atoms with Crippen LogP contribution in [0, 0.1) is 18.7 Å². The van der Waals surface area contributed by atoms with Gasteiger partial charge >= 0.3 is 0 Å². The number of hydrogen-bond donors (Lipinski definition) is 0. The van der Waals surface area contributed by atoms with Gasteiger partial charge in [0.05, 0.1) is 11.9 Å². The van der Waals surface area contributed by atoms with Crippen LogP contribution in [0.25, 0.3) is 5.69 Å².